The van der Waals surface area contributed by atoms with Crippen molar-refractivity contribution in [2.75, 3.05) is 19.0 Å². The Balaban J connectivity index is 1.32. The third-order valence-electron chi connectivity index (χ3n) is 5.96. The molecule has 4 aromatic carbocycles. The van der Waals surface area contributed by atoms with Gasteiger partial charge in [0, 0.05) is 21.7 Å². The van der Waals surface area contributed by atoms with Gasteiger partial charge in [0.15, 0.2) is 0 Å². The number of carbonyl (C=O) groups excluding carboxylic acids is 1. The molecule has 1 unspecified atom stereocenters. The number of halogens is 2. The second-order valence-electron chi connectivity index (χ2n) is 8.41. The average molecular weight is 532 g/mol. The van der Waals surface area contributed by atoms with Crippen molar-refractivity contribution in [1.29, 1.82) is 0 Å². The summed E-state index contributed by atoms with van der Waals surface area (Å²) in [4.78, 5) is 13.2. The number of anilines is 1. The minimum atomic E-state index is -0.325. The van der Waals surface area contributed by atoms with Crippen LogP contribution in [-0.4, -0.2) is 30.4 Å². The van der Waals surface area contributed by atoms with Crippen molar-refractivity contribution < 1.29 is 14.3 Å². The summed E-state index contributed by atoms with van der Waals surface area (Å²) in [5.74, 6) is 1.98. The van der Waals surface area contributed by atoms with Gasteiger partial charge in [-0.1, -0.05) is 47.5 Å². The molecule has 0 saturated heterocycles. The Kier molecular flexibility index (Phi) is 7.30. The normalized spacial score (nSPS) is 14.7. The van der Waals surface area contributed by atoms with Crippen molar-refractivity contribution in [3.05, 3.63) is 118 Å². The third-order valence-corrected chi connectivity index (χ3v) is 6.47. The Morgan fingerprint density at radius 1 is 0.811 bits per heavy atom. The molecule has 0 aliphatic carbocycles. The lowest BCUT2D eigenvalue weighted by molar-refractivity contribution is 0.218. The molecule has 1 atom stereocenters. The van der Waals surface area contributed by atoms with Gasteiger partial charge in [0.1, 0.15) is 17.2 Å². The number of hydrogen-bond donors (Lipinski definition) is 1. The van der Waals surface area contributed by atoms with Gasteiger partial charge in [-0.05, 0) is 83.9 Å². The van der Waals surface area contributed by atoms with Crippen LogP contribution >= 0.6 is 23.2 Å². The predicted molar refractivity (Wildman–Crippen MR) is 147 cm³/mol. The fourth-order valence-electron chi connectivity index (χ4n) is 4.04. The number of methoxy groups -OCH3 is 1. The van der Waals surface area contributed by atoms with Crippen LogP contribution in [0.1, 0.15) is 17.0 Å². The van der Waals surface area contributed by atoms with Crippen LogP contribution in [0, 0.1) is 0 Å². The van der Waals surface area contributed by atoms with E-state index in [4.69, 9.17) is 37.8 Å². The monoisotopic (exact) mass is 531 g/mol. The summed E-state index contributed by atoms with van der Waals surface area (Å²) in [6, 6.07) is 29.2. The van der Waals surface area contributed by atoms with Crippen LogP contribution in [0.25, 0.3) is 0 Å². The SMILES string of the molecule is COc1ccc(C2CN(C(=O)Nc3ccc(Oc4ccc(Cl)cc4)cc3)N=C2c2ccc(Cl)cc2)cc1. The fourth-order valence-corrected chi connectivity index (χ4v) is 4.29. The first-order valence-electron chi connectivity index (χ1n) is 11.6. The second kappa shape index (κ2) is 10.9. The molecule has 1 N–H and O–H groups in total. The zero-order valence-electron chi connectivity index (χ0n) is 19.9. The van der Waals surface area contributed by atoms with E-state index in [-0.39, 0.29) is 11.9 Å². The lowest BCUT2D eigenvalue weighted by atomic mass is 9.90. The summed E-state index contributed by atoms with van der Waals surface area (Å²) in [7, 11) is 1.63. The molecule has 0 aromatic heterocycles. The van der Waals surface area contributed by atoms with Crippen LogP contribution in [0.2, 0.25) is 10.0 Å². The van der Waals surface area contributed by atoms with Crippen molar-refractivity contribution in [1.82, 2.24) is 5.01 Å². The van der Waals surface area contributed by atoms with Gasteiger partial charge in [-0.3, -0.25) is 0 Å². The summed E-state index contributed by atoms with van der Waals surface area (Å²) in [5, 5.41) is 10.4. The van der Waals surface area contributed by atoms with Gasteiger partial charge < -0.3 is 14.8 Å². The highest BCUT2D eigenvalue weighted by molar-refractivity contribution is 6.31. The minimum Gasteiger partial charge on any atom is -0.497 e. The number of urea groups is 1. The van der Waals surface area contributed by atoms with E-state index in [0.29, 0.717) is 33.8 Å². The summed E-state index contributed by atoms with van der Waals surface area (Å²) in [6.07, 6.45) is 0. The molecule has 5 rings (SSSR count). The maximum atomic E-state index is 13.2. The van der Waals surface area contributed by atoms with Gasteiger partial charge in [0.2, 0.25) is 0 Å². The molecule has 1 aliphatic heterocycles. The lowest BCUT2D eigenvalue weighted by Gasteiger charge is -2.16. The molecule has 0 bridgehead atoms. The molecule has 0 radical (unpaired) electrons. The van der Waals surface area contributed by atoms with Gasteiger partial charge in [-0.15, -0.1) is 0 Å². The Morgan fingerprint density at radius 3 is 1.95 bits per heavy atom. The first kappa shape index (κ1) is 24.7. The number of nitrogens with zero attached hydrogens (tertiary/aromatic N) is 2. The number of nitrogens with one attached hydrogen (secondary N) is 1. The van der Waals surface area contributed by atoms with Crippen molar-refractivity contribution in [2.24, 2.45) is 5.10 Å². The van der Waals surface area contributed by atoms with Crippen molar-refractivity contribution in [3.8, 4) is 17.2 Å². The van der Waals surface area contributed by atoms with Crippen LogP contribution in [-0.2, 0) is 0 Å². The molecular weight excluding hydrogens is 509 g/mol. The fraction of sp³-hybridized carbons (Fsp3) is 0.103. The van der Waals surface area contributed by atoms with Gasteiger partial charge in [-0.2, -0.15) is 5.10 Å². The van der Waals surface area contributed by atoms with Gasteiger partial charge in [0.05, 0.1) is 19.4 Å². The van der Waals surface area contributed by atoms with E-state index in [1.165, 1.54) is 5.01 Å². The predicted octanol–water partition coefficient (Wildman–Crippen LogP) is 7.83. The van der Waals surface area contributed by atoms with Gasteiger partial charge in [-0.25, -0.2) is 9.80 Å². The Labute approximate surface area is 225 Å². The molecule has 6 nitrogen and oxygen atoms in total. The highest BCUT2D eigenvalue weighted by Crippen LogP contribution is 2.31. The summed E-state index contributed by atoms with van der Waals surface area (Å²) >= 11 is 12.0. The first-order valence-corrected chi connectivity index (χ1v) is 12.3. The molecular formula is C29H23Cl2N3O3. The minimum absolute atomic E-state index is 0.104. The average Bonchev–Trinajstić information content (AvgIpc) is 3.37. The molecule has 2 amide bonds. The van der Waals surface area contributed by atoms with E-state index >= 15 is 0 Å². The third kappa shape index (κ3) is 5.88. The molecule has 186 valence electrons. The molecule has 8 heteroatoms. The topological polar surface area (TPSA) is 63.2 Å². The Hall–Kier alpha value is -4.00. The number of benzene rings is 4. The molecule has 37 heavy (non-hydrogen) atoms. The van der Waals surface area contributed by atoms with Crippen LogP contribution < -0.4 is 14.8 Å². The van der Waals surface area contributed by atoms with Crippen LogP contribution in [0.5, 0.6) is 17.2 Å². The standard InChI is InChI=1S/C29H23Cl2N3O3/c1-36-24-12-4-19(5-13-24)27-18-34(33-28(27)20-2-6-21(30)7-3-20)29(35)32-23-10-16-26(17-11-23)37-25-14-8-22(31)9-15-25/h2-17,27H,18H2,1H3,(H,32,35). The summed E-state index contributed by atoms with van der Waals surface area (Å²) < 4.78 is 11.1. The maximum absolute atomic E-state index is 13.2. The zero-order valence-corrected chi connectivity index (χ0v) is 21.4. The largest absolute Gasteiger partial charge is 0.497 e. The second-order valence-corrected chi connectivity index (χ2v) is 9.28. The molecule has 0 spiro atoms. The number of carbonyl (C=O) groups is 1. The van der Waals surface area contributed by atoms with E-state index in [1.54, 1.807) is 55.6 Å². The van der Waals surface area contributed by atoms with Crippen LogP contribution in [0.15, 0.2) is 102 Å². The van der Waals surface area contributed by atoms with E-state index < -0.39 is 0 Å². The van der Waals surface area contributed by atoms with E-state index in [2.05, 4.69) is 5.32 Å². The Morgan fingerprint density at radius 2 is 1.35 bits per heavy atom. The quantitative estimate of drug-likeness (QED) is 0.275. The molecule has 0 saturated carbocycles. The van der Waals surface area contributed by atoms with Gasteiger partial charge >= 0.3 is 6.03 Å². The Bertz CT molecular complexity index is 1410. The smallest absolute Gasteiger partial charge is 0.342 e. The number of amides is 2. The number of hydrazone groups is 1. The highest BCUT2D eigenvalue weighted by Gasteiger charge is 2.32. The van der Waals surface area contributed by atoms with E-state index in [1.807, 2.05) is 48.5 Å². The molecule has 4 aromatic rings. The zero-order chi connectivity index (χ0) is 25.8. The molecule has 1 aliphatic rings. The number of hydrogen-bond acceptors (Lipinski definition) is 4. The van der Waals surface area contributed by atoms with Crippen LogP contribution in [0.3, 0.4) is 0 Å². The van der Waals surface area contributed by atoms with E-state index in [0.717, 1.165) is 22.6 Å². The van der Waals surface area contributed by atoms with E-state index in [9.17, 15) is 4.79 Å². The number of ether oxygens (including phenoxy) is 2. The summed E-state index contributed by atoms with van der Waals surface area (Å²) in [5.41, 5.74) is 3.37. The van der Waals surface area contributed by atoms with Crippen LogP contribution in [0.4, 0.5) is 10.5 Å². The molecule has 1 heterocycles. The maximum Gasteiger partial charge on any atom is 0.342 e. The highest BCUT2D eigenvalue weighted by atomic mass is 35.5. The lowest BCUT2D eigenvalue weighted by Crippen LogP contribution is -2.30. The van der Waals surface area contributed by atoms with Crippen molar-refractivity contribution in [2.45, 2.75) is 5.92 Å². The summed E-state index contributed by atoms with van der Waals surface area (Å²) in [6.45, 7) is 0.397. The number of rotatable bonds is 6. The van der Waals surface area contributed by atoms with Crippen molar-refractivity contribution >= 4 is 40.6 Å². The molecule has 0 fully saturated rings. The van der Waals surface area contributed by atoms with Crippen molar-refractivity contribution in [3.63, 3.8) is 0 Å². The van der Waals surface area contributed by atoms with Gasteiger partial charge in [0.25, 0.3) is 0 Å². The first-order chi connectivity index (χ1) is 18.0.